The molecule has 0 aliphatic heterocycles. The molecule has 0 fully saturated rings. The molecule has 0 aliphatic carbocycles. The molecule has 0 unspecified atom stereocenters. The van der Waals surface area contributed by atoms with Crippen LogP contribution < -0.4 is 10.7 Å². The van der Waals surface area contributed by atoms with Crippen molar-refractivity contribution in [1.82, 2.24) is 5.43 Å². The quantitative estimate of drug-likeness (QED) is 0.434. The van der Waals surface area contributed by atoms with Gasteiger partial charge in [0.2, 0.25) is 0 Å². The van der Waals surface area contributed by atoms with Crippen molar-refractivity contribution in [2.45, 2.75) is 26.2 Å². The normalized spacial score (nSPS) is 10.7. The molecule has 0 bridgehead atoms. The van der Waals surface area contributed by atoms with Crippen molar-refractivity contribution < 1.29 is 9.59 Å². The summed E-state index contributed by atoms with van der Waals surface area (Å²) in [7, 11) is 0. The number of carbonyl (C=O) groups excluding carboxylic acids is 2. The Morgan fingerprint density at radius 3 is 2.31 bits per heavy atom. The van der Waals surface area contributed by atoms with Crippen LogP contribution in [0.25, 0.3) is 0 Å². The first-order valence-electron chi connectivity index (χ1n) is 8.18. The Bertz CT molecular complexity index is 785. The van der Waals surface area contributed by atoms with Gasteiger partial charge in [-0.15, -0.1) is 0 Å². The Kier molecular flexibility index (Phi) is 7.63. The van der Waals surface area contributed by atoms with Crippen molar-refractivity contribution in [3.63, 3.8) is 0 Å². The summed E-state index contributed by atoms with van der Waals surface area (Å²) in [6, 6.07) is 12.4. The summed E-state index contributed by atoms with van der Waals surface area (Å²) in [5.41, 5.74) is 4.34. The van der Waals surface area contributed by atoms with E-state index in [1.807, 2.05) is 12.1 Å². The predicted molar refractivity (Wildman–Crippen MR) is 106 cm³/mol. The zero-order chi connectivity index (χ0) is 18.9. The Morgan fingerprint density at radius 1 is 1.04 bits per heavy atom. The number of amides is 2. The van der Waals surface area contributed by atoms with Crippen LogP contribution in [0.2, 0.25) is 10.0 Å². The van der Waals surface area contributed by atoms with E-state index in [2.05, 4.69) is 22.8 Å². The molecule has 136 valence electrons. The Hall–Kier alpha value is -2.37. The molecule has 5 nitrogen and oxygen atoms in total. The lowest BCUT2D eigenvalue weighted by atomic mass is 10.1. The van der Waals surface area contributed by atoms with E-state index in [1.54, 1.807) is 30.3 Å². The number of halogens is 2. The van der Waals surface area contributed by atoms with E-state index in [0.717, 1.165) is 19.3 Å². The van der Waals surface area contributed by atoms with Gasteiger partial charge in [0.1, 0.15) is 0 Å². The minimum absolute atomic E-state index is 0.392. The second-order valence-corrected chi connectivity index (χ2v) is 6.40. The molecule has 0 saturated carbocycles. The molecule has 2 rings (SSSR count). The minimum atomic E-state index is -0.889. The molecule has 7 heteroatoms. The van der Waals surface area contributed by atoms with E-state index < -0.39 is 11.8 Å². The summed E-state index contributed by atoms with van der Waals surface area (Å²) in [4.78, 5) is 23.7. The number of anilines is 1. The van der Waals surface area contributed by atoms with Crippen LogP contribution in [0.4, 0.5) is 5.69 Å². The Labute approximate surface area is 162 Å². The molecule has 0 spiro atoms. The van der Waals surface area contributed by atoms with Crippen LogP contribution >= 0.6 is 23.2 Å². The zero-order valence-corrected chi connectivity index (χ0v) is 15.8. The molecule has 0 radical (unpaired) electrons. The highest BCUT2D eigenvalue weighted by Crippen LogP contribution is 2.22. The highest BCUT2D eigenvalue weighted by Gasteiger charge is 2.13. The van der Waals surface area contributed by atoms with Gasteiger partial charge in [0.15, 0.2) is 0 Å². The largest absolute Gasteiger partial charge is 0.329 e. The van der Waals surface area contributed by atoms with Crippen LogP contribution in [0.1, 0.15) is 30.9 Å². The number of hydrogen-bond donors (Lipinski definition) is 2. The van der Waals surface area contributed by atoms with Crippen molar-refractivity contribution >= 4 is 46.9 Å². The van der Waals surface area contributed by atoms with Crippen LogP contribution in [0.5, 0.6) is 0 Å². The van der Waals surface area contributed by atoms with Gasteiger partial charge in [-0.2, -0.15) is 5.10 Å². The van der Waals surface area contributed by atoms with E-state index in [1.165, 1.54) is 11.8 Å². The van der Waals surface area contributed by atoms with Gasteiger partial charge in [-0.25, -0.2) is 5.43 Å². The van der Waals surface area contributed by atoms with E-state index in [4.69, 9.17) is 23.2 Å². The highest BCUT2D eigenvalue weighted by atomic mass is 35.5. The second kappa shape index (κ2) is 9.94. The number of rotatable bonds is 6. The fourth-order valence-corrected chi connectivity index (χ4v) is 2.66. The number of carbonyl (C=O) groups is 2. The maximum absolute atomic E-state index is 11.9. The van der Waals surface area contributed by atoms with Crippen LogP contribution in [0, 0.1) is 0 Å². The summed E-state index contributed by atoms with van der Waals surface area (Å²) in [5, 5.41) is 7.02. The zero-order valence-electron chi connectivity index (χ0n) is 14.3. The summed E-state index contributed by atoms with van der Waals surface area (Å²) >= 11 is 12.0. The van der Waals surface area contributed by atoms with Gasteiger partial charge in [0.05, 0.1) is 16.3 Å². The van der Waals surface area contributed by atoms with Gasteiger partial charge >= 0.3 is 11.8 Å². The van der Waals surface area contributed by atoms with E-state index >= 15 is 0 Å². The van der Waals surface area contributed by atoms with Crippen LogP contribution in [0.15, 0.2) is 47.6 Å². The molecule has 0 heterocycles. The van der Waals surface area contributed by atoms with Crippen LogP contribution in [-0.4, -0.2) is 18.0 Å². The molecule has 2 aromatic carbocycles. The molecular formula is C19H19Cl2N3O2. The van der Waals surface area contributed by atoms with E-state index in [9.17, 15) is 9.59 Å². The first-order chi connectivity index (χ1) is 12.5. The maximum Gasteiger partial charge on any atom is 0.329 e. The fraction of sp³-hybridized carbons (Fsp3) is 0.211. The molecule has 0 saturated heterocycles. The third-order valence-corrected chi connectivity index (χ3v) is 4.26. The Balaban J connectivity index is 1.89. The Morgan fingerprint density at radius 2 is 1.69 bits per heavy atom. The summed E-state index contributed by atoms with van der Waals surface area (Å²) in [6.07, 6.45) is 4.52. The van der Waals surface area contributed by atoms with Crippen molar-refractivity contribution in [2.24, 2.45) is 5.10 Å². The maximum atomic E-state index is 11.9. The van der Waals surface area contributed by atoms with Crippen molar-refractivity contribution in [3.8, 4) is 0 Å². The van der Waals surface area contributed by atoms with Gasteiger partial charge in [-0.1, -0.05) is 54.7 Å². The summed E-state index contributed by atoms with van der Waals surface area (Å²) < 4.78 is 0. The number of nitrogens with one attached hydrogen (secondary N) is 2. The number of hydrogen-bond acceptors (Lipinski definition) is 3. The minimum Gasteiger partial charge on any atom is -0.318 e. The first kappa shape index (κ1) is 19.9. The van der Waals surface area contributed by atoms with Gasteiger partial charge in [0.25, 0.3) is 0 Å². The SMILES string of the molecule is CCCCc1ccc(NC(=O)C(=O)N/N=C\c2c(Cl)cccc2Cl)cc1. The summed E-state index contributed by atoms with van der Waals surface area (Å²) in [6.45, 7) is 2.13. The molecule has 0 aromatic heterocycles. The molecule has 0 atom stereocenters. The standard InChI is InChI=1S/C19H19Cl2N3O2/c1-2-3-5-13-8-10-14(11-9-13)23-18(25)19(26)24-22-12-15-16(20)6-4-7-17(15)21/h4,6-12H,2-3,5H2,1H3,(H,23,25)(H,24,26)/b22-12-. The lowest BCUT2D eigenvalue weighted by Crippen LogP contribution is -2.32. The topological polar surface area (TPSA) is 70.6 Å². The predicted octanol–water partition coefficient (Wildman–Crippen LogP) is 4.42. The summed E-state index contributed by atoms with van der Waals surface area (Å²) in [5.74, 6) is -1.70. The number of benzene rings is 2. The van der Waals surface area contributed by atoms with Gasteiger partial charge < -0.3 is 5.32 Å². The molecular weight excluding hydrogens is 373 g/mol. The van der Waals surface area contributed by atoms with Crippen molar-refractivity contribution in [3.05, 3.63) is 63.6 Å². The average Bonchev–Trinajstić information content (AvgIpc) is 2.63. The average molecular weight is 392 g/mol. The smallest absolute Gasteiger partial charge is 0.318 e. The lowest BCUT2D eigenvalue weighted by molar-refractivity contribution is -0.136. The third-order valence-electron chi connectivity index (χ3n) is 3.60. The van der Waals surface area contributed by atoms with E-state index in [0.29, 0.717) is 21.3 Å². The lowest BCUT2D eigenvalue weighted by Gasteiger charge is -2.06. The molecule has 2 N–H and O–H groups in total. The molecule has 2 amide bonds. The van der Waals surface area contributed by atoms with Crippen molar-refractivity contribution in [2.75, 3.05) is 5.32 Å². The molecule has 26 heavy (non-hydrogen) atoms. The fourth-order valence-electron chi connectivity index (χ4n) is 2.16. The van der Waals surface area contributed by atoms with Crippen LogP contribution in [0.3, 0.4) is 0 Å². The van der Waals surface area contributed by atoms with Crippen LogP contribution in [-0.2, 0) is 16.0 Å². The molecule has 2 aromatic rings. The second-order valence-electron chi connectivity index (χ2n) is 5.59. The monoisotopic (exact) mass is 391 g/mol. The number of hydrazone groups is 1. The van der Waals surface area contributed by atoms with Gasteiger partial charge in [-0.05, 0) is 42.7 Å². The third kappa shape index (κ3) is 5.86. The number of aryl methyl sites for hydroxylation is 1. The van der Waals surface area contributed by atoms with Gasteiger partial charge in [-0.3, -0.25) is 9.59 Å². The first-order valence-corrected chi connectivity index (χ1v) is 8.94. The number of nitrogens with zero attached hydrogens (tertiary/aromatic N) is 1. The highest BCUT2D eigenvalue weighted by molar-refractivity contribution is 6.40. The van der Waals surface area contributed by atoms with Crippen molar-refractivity contribution in [1.29, 1.82) is 0 Å². The number of unbranched alkanes of at least 4 members (excludes halogenated alkanes) is 1. The molecule has 0 aliphatic rings. The van der Waals surface area contributed by atoms with E-state index in [-0.39, 0.29) is 0 Å². The van der Waals surface area contributed by atoms with Gasteiger partial charge in [0, 0.05) is 11.3 Å².